The van der Waals surface area contributed by atoms with Crippen LogP contribution in [0.25, 0.3) is 0 Å². The Morgan fingerprint density at radius 2 is 2.06 bits per heavy atom. The summed E-state index contributed by atoms with van der Waals surface area (Å²) in [5.74, 6) is -3.39. The van der Waals surface area contributed by atoms with Crippen LogP contribution in [0.2, 0.25) is 0 Å². The summed E-state index contributed by atoms with van der Waals surface area (Å²) < 4.78 is 0. The summed E-state index contributed by atoms with van der Waals surface area (Å²) >= 11 is 0. The Labute approximate surface area is 102 Å². The van der Waals surface area contributed by atoms with Crippen LogP contribution in [0.4, 0.5) is 0 Å². The zero-order valence-electron chi connectivity index (χ0n) is 9.42. The molecule has 0 aromatic heterocycles. The molecule has 18 heavy (non-hydrogen) atoms. The molecule has 0 aromatic carbocycles. The lowest BCUT2D eigenvalue weighted by molar-refractivity contribution is -0.152. The molecule has 10 heteroatoms. The third-order valence-corrected chi connectivity index (χ3v) is 2.30. The first-order valence-electron chi connectivity index (χ1n) is 4.82. The van der Waals surface area contributed by atoms with E-state index in [0.717, 1.165) is 4.90 Å². The highest BCUT2D eigenvalue weighted by Crippen LogP contribution is 2.11. The van der Waals surface area contributed by atoms with Gasteiger partial charge in [-0.25, -0.2) is 10.3 Å². The molecule has 8 N–H and O–H groups in total. The van der Waals surface area contributed by atoms with Crippen molar-refractivity contribution >= 4 is 24.2 Å². The van der Waals surface area contributed by atoms with E-state index >= 15 is 0 Å². The maximum atomic E-state index is 11.1. The van der Waals surface area contributed by atoms with Gasteiger partial charge in [-0.2, -0.15) is 0 Å². The lowest BCUT2D eigenvalue weighted by atomic mass is 9.94. The molecule has 0 aliphatic rings. The molecule has 1 unspecified atom stereocenters. The monoisotopic (exact) mass is 261 g/mol. The topological polar surface area (TPSA) is 183 Å². The zero-order chi connectivity index (χ0) is 14.3. The molecule has 0 rings (SSSR count). The molecule has 0 aliphatic heterocycles. The number of carboxylic acids is 1. The summed E-state index contributed by atoms with van der Waals surface area (Å²) in [6, 6.07) is 0. The highest BCUT2D eigenvalue weighted by atomic mass is 16.5. The van der Waals surface area contributed by atoms with Gasteiger partial charge in [-0.1, -0.05) is 0 Å². The van der Waals surface area contributed by atoms with Gasteiger partial charge in [0.15, 0.2) is 11.5 Å². The quantitative estimate of drug-likeness (QED) is 0.0724. The largest absolute Gasteiger partial charge is 0.479 e. The van der Waals surface area contributed by atoms with Crippen molar-refractivity contribution < 1.29 is 24.7 Å². The summed E-state index contributed by atoms with van der Waals surface area (Å²) in [4.78, 5) is 33.3. The Bertz CT molecular complexity index is 360. The van der Waals surface area contributed by atoms with Crippen molar-refractivity contribution in [2.45, 2.75) is 18.4 Å². The van der Waals surface area contributed by atoms with E-state index < -0.39 is 23.4 Å². The average Bonchev–Trinajstić information content (AvgIpc) is 2.32. The van der Waals surface area contributed by atoms with Crippen LogP contribution in [0.3, 0.4) is 0 Å². The Morgan fingerprint density at radius 1 is 1.50 bits per heavy atom. The molecule has 0 saturated carbocycles. The summed E-state index contributed by atoms with van der Waals surface area (Å²) in [6.45, 7) is -0.0657. The van der Waals surface area contributed by atoms with Crippen LogP contribution in [0, 0.1) is 5.41 Å². The first-order valence-corrected chi connectivity index (χ1v) is 4.82. The predicted molar refractivity (Wildman–Crippen MR) is 58.4 cm³/mol. The molecule has 1 atom stereocenters. The van der Waals surface area contributed by atoms with Gasteiger partial charge in [0.2, 0.25) is 6.41 Å². The number of nitrogens with one attached hydrogen (secondary N) is 2. The van der Waals surface area contributed by atoms with E-state index in [4.69, 9.17) is 27.2 Å². The molecule has 0 bridgehead atoms. The number of aliphatic carboxylic acids is 1. The van der Waals surface area contributed by atoms with Crippen LogP contribution in [0.15, 0.2) is 0 Å². The number of carbonyl (C=O) groups excluding carboxylic acids is 2. The predicted octanol–water partition coefficient (Wildman–Crippen LogP) is -2.59. The fraction of sp³-hybridized carbons (Fsp3) is 0.500. The normalized spacial score (nSPS) is 13.2. The van der Waals surface area contributed by atoms with E-state index in [-0.39, 0.29) is 19.4 Å². The van der Waals surface area contributed by atoms with Crippen molar-refractivity contribution in [2.24, 2.45) is 11.5 Å². The van der Waals surface area contributed by atoms with Gasteiger partial charge in [0.25, 0.3) is 5.91 Å². The van der Waals surface area contributed by atoms with Gasteiger partial charge in [0.1, 0.15) is 0 Å². The average molecular weight is 261 g/mol. The van der Waals surface area contributed by atoms with Gasteiger partial charge in [-0.15, -0.1) is 0 Å². The van der Waals surface area contributed by atoms with Crippen LogP contribution in [0.1, 0.15) is 12.8 Å². The smallest absolute Gasteiger partial charge is 0.333 e. The number of rotatable bonds is 7. The molecular weight excluding hydrogens is 246 g/mol. The molecule has 2 amide bonds. The van der Waals surface area contributed by atoms with E-state index in [9.17, 15) is 14.4 Å². The second kappa shape index (κ2) is 6.51. The summed E-state index contributed by atoms with van der Waals surface area (Å²) in [7, 11) is 0. The van der Waals surface area contributed by atoms with E-state index in [1.165, 1.54) is 5.48 Å². The summed E-state index contributed by atoms with van der Waals surface area (Å²) in [5, 5.41) is 24.2. The fourth-order valence-electron chi connectivity index (χ4n) is 1.18. The van der Waals surface area contributed by atoms with Gasteiger partial charge < -0.3 is 16.6 Å². The number of nitrogens with zero attached hydrogens (tertiary/aromatic N) is 1. The standard InChI is InChI=1S/C8H15N5O5/c9-7(10)13(4-14)3-1-2-8(11,6(16)17)5(15)12-18/h4,18H,1-3,11H2,(H3,9,10)(H,12,15)(H,16,17). The highest BCUT2D eigenvalue weighted by molar-refractivity contribution is 6.05. The van der Waals surface area contributed by atoms with Gasteiger partial charge in [-0.05, 0) is 12.8 Å². The molecule has 0 radical (unpaired) electrons. The Kier molecular flexibility index (Phi) is 5.72. The Hall–Kier alpha value is -2.20. The number of hydrogen-bond acceptors (Lipinski definition) is 6. The van der Waals surface area contributed by atoms with Crippen LogP contribution < -0.4 is 16.9 Å². The first kappa shape index (κ1) is 15.8. The first-order chi connectivity index (χ1) is 8.29. The van der Waals surface area contributed by atoms with Crippen molar-refractivity contribution in [1.82, 2.24) is 10.4 Å². The minimum Gasteiger partial charge on any atom is -0.479 e. The van der Waals surface area contributed by atoms with E-state index in [1.54, 1.807) is 0 Å². The number of hydrogen-bond donors (Lipinski definition) is 6. The third kappa shape index (κ3) is 3.68. The van der Waals surface area contributed by atoms with E-state index in [1.807, 2.05) is 0 Å². The number of hydroxylamine groups is 1. The number of carboxylic acid groups (broad SMARTS) is 1. The highest BCUT2D eigenvalue weighted by Gasteiger charge is 2.41. The minimum atomic E-state index is -2.31. The third-order valence-electron chi connectivity index (χ3n) is 2.30. The number of carbonyl (C=O) groups is 3. The zero-order valence-corrected chi connectivity index (χ0v) is 9.42. The number of nitrogens with two attached hydrogens (primary N) is 2. The maximum absolute atomic E-state index is 11.1. The molecule has 0 aliphatic carbocycles. The second-order valence-corrected chi connectivity index (χ2v) is 3.51. The van der Waals surface area contributed by atoms with Crippen LogP contribution in [0.5, 0.6) is 0 Å². The number of amides is 2. The van der Waals surface area contributed by atoms with Crippen molar-refractivity contribution in [2.75, 3.05) is 6.54 Å². The van der Waals surface area contributed by atoms with Crippen molar-refractivity contribution in [3.05, 3.63) is 0 Å². The fourth-order valence-corrected chi connectivity index (χ4v) is 1.18. The molecule has 102 valence electrons. The SMILES string of the molecule is N=C(N)N(C=O)CCCC(N)(C(=O)O)C(=O)NO. The molecule has 0 saturated heterocycles. The van der Waals surface area contributed by atoms with Crippen molar-refractivity contribution in [3.63, 3.8) is 0 Å². The Morgan fingerprint density at radius 3 is 2.39 bits per heavy atom. The Balaban J connectivity index is 4.56. The minimum absolute atomic E-state index is 0.00847. The van der Waals surface area contributed by atoms with Gasteiger partial charge in [0.05, 0.1) is 0 Å². The molecule has 0 fully saturated rings. The lowest BCUT2D eigenvalue weighted by Crippen LogP contribution is -2.59. The second-order valence-electron chi connectivity index (χ2n) is 3.51. The molecule has 0 spiro atoms. The van der Waals surface area contributed by atoms with Crippen LogP contribution in [-0.4, -0.2) is 51.5 Å². The van der Waals surface area contributed by atoms with E-state index in [2.05, 4.69) is 0 Å². The molecule has 10 nitrogen and oxygen atoms in total. The van der Waals surface area contributed by atoms with Crippen LogP contribution >= 0.6 is 0 Å². The number of guanidine groups is 1. The summed E-state index contributed by atoms with van der Waals surface area (Å²) in [6.07, 6.45) is -0.0334. The van der Waals surface area contributed by atoms with Crippen molar-refractivity contribution in [3.8, 4) is 0 Å². The lowest BCUT2D eigenvalue weighted by Gasteiger charge is -2.23. The van der Waals surface area contributed by atoms with Gasteiger partial charge in [-0.3, -0.25) is 25.1 Å². The maximum Gasteiger partial charge on any atom is 0.333 e. The molecule has 0 heterocycles. The van der Waals surface area contributed by atoms with Crippen LogP contribution in [-0.2, 0) is 14.4 Å². The van der Waals surface area contributed by atoms with Gasteiger partial charge in [0, 0.05) is 6.54 Å². The van der Waals surface area contributed by atoms with E-state index in [0.29, 0.717) is 6.41 Å². The molecule has 0 aromatic rings. The van der Waals surface area contributed by atoms with Gasteiger partial charge >= 0.3 is 5.97 Å². The molecular formula is C8H15N5O5. The van der Waals surface area contributed by atoms with Crippen molar-refractivity contribution in [1.29, 1.82) is 5.41 Å². The summed E-state index contributed by atoms with van der Waals surface area (Å²) in [5.41, 5.74) is 9.25.